The van der Waals surface area contributed by atoms with Crippen LogP contribution >= 0.6 is 0 Å². The van der Waals surface area contributed by atoms with Crippen LogP contribution in [-0.4, -0.2) is 52.0 Å². The van der Waals surface area contributed by atoms with Gasteiger partial charge in [0.2, 0.25) is 0 Å². The van der Waals surface area contributed by atoms with E-state index in [0.717, 1.165) is 11.1 Å². The van der Waals surface area contributed by atoms with Crippen LogP contribution in [0.25, 0.3) is 10.9 Å². The number of urea groups is 1. The number of para-hydroxylation sites is 1. The Bertz CT molecular complexity index is 1360. The molecule has 0 aliphatic carbocycles. The molecular formula is C25H22N6O4. The van der Waals surface area contributed by atoms with E-state index in [2.05, 4.69) is 20.2 Å². The molecule has 35 heavy (non-hydrogen) atoms. The smallest absolute Gasteiger partial charge is 0.321 e. The zero-order valence-corrected chi connectivity index (χ0v) is 18.7. The van der Waals surface area contributed by atoms with Crippen LogP contribution in [0.3, 0.4) is 0 Å². The summed E-state index contributed by atoms with van der Waals surface area (Å²) in [4.78, 5) is 35.8. The van der Waals surface area contributed by atoms with Crippen molar-refractivity contribution in [1.29, 1.82) is 0 Å². The monoisotopic (exact) mass is 470 g/mol. The Balaban J connectivity index is 1.19. The molecule has 176 valence electrons. The maximum absolute atomic E-state index is 12.8. The lowest BCUT2D eigenvalue weighted by Gasteiger charge is -2.35. The molecular weight excluding hydrogens is 448 g/mol. The van der Waals surface area contributed by atoms with Gasteiger partial charge in [0.05, 0.1) is 10.4 Å². The number of nitro groups is 1. The van der Waals surface area contributed by atoms with Crippen molar-refractivity contribution in [3.05, 3.63) is 89.2 Å². The zero-order chi connectivity index (χ0) is 24.2. The van der Waals surface area contributed by atoms with Crippen LogP contribution in [-0.2, 0) is 0 Å². The average molecular weight is 470 g/mol. The predicted octanol–water partition coefficient (Wildman–Crippen LogP) is 4.68. The average Bonchev–Trinajstić information content (AvgIpc) is 2.90. The zero-order valence-electron chi connectivity index (χ0n) is 18.7. The molecule has 0 unspecified atom stereocenters. The molecule has 1 fully saturated rings. The summed E-state index contributed by atoms with van der Waals surface area (Å²) in [5.74, 6) is 2.14. The number of nitrogens with zero attached hydrogens (tertiary/aromatic N) is 5. The minimum atomic E-state index is -0.442. The van der Waals surface area contributed by atoms with Crippen molar-refractivity contribution < 1.29 is 14.5 Å². The van der Waals surface area contributed by atoms with Gasteiger partial charge in [-0.1, -0.05) is 18.2 Å². The van der Waals surface area contributed by atoms with Gasteiger partial charge in [0.25, 0.3) is 5.69 Å². The molecule has 0 spiro atoms. The molecule has 2 heterocycles. The number of aromatic nitrogens is 2. The van der Waals surface area contributed by atoms with Crippen LogP contribution < -0.4 is 15.0 Å². The standard InChI is InChI=1S/C25H22N6O4/c32-25(28-18-6-9-21(10-7-18)35-20-4-2-1-3-5-20)30-14-12-29(13-15-30)24-22-11-8-19(31(33)34)16-23(22)26-17-27-24/h1-11,16-17H,12-15H2,(H,28,32). The largest absolute Gasteiger partial charge is 0.457 e. The Hall–Kier alpha value is -4.73. The van der Waals surface area contributed by atoms with E-state index in [0.29, 0.717) is 49.0 Å². The first kappa shape index (κ1) is 22.1. The first-order valence-corrected chi connectivity index (χ1v) is 11.1. The molecule has 1 aromatic heterocycles. The Labute approximate surface area is 200 Å². The van der Waals surface area contributed by atoms with E-state index in [1.807, 2.05) is 42.5 Å². The molecule has 3 aromatic carbocycles. The second-order valence-electron chi connectivity index (χ2n) is 8.00. The van der Waals surface area contributed by atoms with Crippen LogP contribution in [0.15, 0.2) is 79.1 Å². The summed E-state index contributed by atoms with van der Waals surface area (Å²) in [6, 6.07) is 21.1. The highest BCUT2D eigenvalue weighted by Crippen LogP contribution is 2.27. The van der Waals surface area contributed by atoms with E-state index in [1.165, 1.54) is 18.5 Å². The topological polar surface area (TPSA) is 114 Å². The molecule has 2 amide bonds. The number of hydrogen-bond acceptors (Lipinski definition) is 7. The van der Waals surface area contributed by atoms with Crippen LogP contribution in [0.2, 0.25) is 0 Å². The molecule has 0 saturated carbocycles. The molecule has 1 aliphatic heterocycles. The van der Waals surface area contributed by atoms with Crippen LogP contribution in [0.5, 0.6) is 11.5 Å². The summed E-state index contributed by atoms with van der Waals surface area (Å²) in [7, 11) is 0. The molecule has 10 nitrogen and oxygen atoms in total. The number of ether oxygens (including phenoxy) is 1. The van der Waals surface area contributed by atoms with E-state index in [9.17, 15) is 14.9 Å². The van der Waals surface area contributed by atoms with E-state index in [1.54, 1.807) is 23.1 Å². The van der Waals surface area contributed by atoms with E-state index in [4.69, 9.17) is 4.74 Å². The van der Waals surface area contributed by atoms with Crippen molar-refractivity contribution in [3.8, 4) is 11.5 Å². The second-order valence-corrected chi connectivity index (χ2v) is 8.00. The van der Waals surface area contributed by atoms with Gasteiger partial charge < -0.3 is 19.9 Å². The summed E-state index contributed by atoms with van der Waals surface area (Å²) in [5, 5.41) is 14.7. The first-order valence-electron chi connectivity index (χ1n) is 11.1. The van der Waals surface area contributed by atoms with Crippen molar-refractivity contribution in [1.82, 2.24) is 14.9 Å². The first-order chi connectivity index (χ1) is 17.1. The van der Waals surface area contributed by atoms with Gasteiger partial charge in [-0.05, 0) is 42.5 Å². The fraction of sp³-hybridized carbons (Fsp3) is 0.160. The van der Waals surface area contributed by atoms with Crippen molar-refractivity contribution in [2.45, 2.75) is 0 Å². The lowest BCUT2D eigenvalue weighted by molar-refractivity contribution is -0.384. The summed E-state index contributed by atoms with van der Waals surface area (Å²) in [6.45, 7) is 2.19. The van der Waals surface area contributed by atoms with Crippen LogP contribution in [0.1, 0.15) is 0 Å². The molecule has 0 atom stereocenters. The maximum atomic E-state index is 12.8. The normalized spacial score (nSPS) is 13.5. The van der Waals surface area contributed by atoms with Crippen LogP contribution in [0, 0.1) is 10.1 Å². The Morgan fingerprint density at radius 1 is 0.914 bits per heavy atom. The second kappa shape index (κ2) is 9.64. The van der Waals surface area contributed by atoms with Gasteiger partial charge >= 0.3 is 6.03 Å². The number of carbonyl (C=O) groups excluding carboxylic acids is 1. The SMILES string of the molecule is O=C(Nc1ccc(Oc2ccccc2)cc1)N1CCN(c2ncnc3cc([N+](=O)[O-])ccc23)CC1. The molecule has 1 aliphatic rings. The molecule has 4 aromatic rings. The van der Waals surface area contributed by atoms with Crippen molar-refractivity contribution in [2.24, 2.45) is 0 Å². The minimum absolute atomic E-state index is 0.0108. The third-order valence-corrected chi connectivity index (χ3v) is 5.76. The Kier molecular flexibility index (Phi) is 6.08. The lowest BCUT2D eigenvalue weighted by Crippen LogP contribution is -2.50. The third-order valence-electron chi connectivity index (χ3n) is 5.76. The van der Waals surface area contributed by atoms with Crippen LogP contribution in [0.4, 0.5) is 22.0 Å². The van der Waals surface area contributed by atoms with Gasteiger partial charge in [0.1, 0.15) is 23.6 Å². The van der Waals surface area contributed by atoms with E-state index < -0.39 is 4.92 Å². The predicted molar refractivity (Wildman–Crippen MR) is 132 cm³/mol. The van der Waals surface area contributed by atoms with Gasteiger partial charge in [-0.25, -0.2) is 14.8 Å². The number of benzene rings is 3. The Morgan fingerprint density at radius 2 is 1.63 bits per heavy atom. The number of nitrogens with one attached hydrogen (secondary N) is 1. The van der Waals surface area contributed by atoms with Gasteiger partial charge in [0, 0.05) is 49.4 Å². The summed E-state index contributed by atoms with van der Waals surface area (Å²) in [6.07, 6.45) is 1.41. The van der Waals surface area contributed by atoms with Crippen molar-refractivity contribution >= 4 is 34.1 Å². The van der Waals surface area contributed by atoms with Gasteiger partial charge in [-0.2, -0.15) is 0 Å². The van der Waals surface area contributed by atoms with E-state index in [-0.39, 0.29) is 11.7 Å². The summed E-state index contributed by atoms with van der Waals surface area (Å²) < 4.78 is 5.78. The van der Waals surface area contributed by atoms with E-state index >= 15 is 0 Å². The number of anilines is 2. The highest BCUT2D eigenvalue weighted by Gasteiger charge is 2.23. The van der Waals surface area contributed by atoms with Gasteiger partial charge in [-0.3, -0.25) is 10.1 Å². The highest BCUT2D eigenvalue weighted by molar-refractivity contribution is 5.91. The number of fused-ring (bicyclic) bond motifs is 1. The van der Waals surface area contributed by atoms with Gasteiger partial charge in [-0.15, -0.1) is 0 Å². The number of amides is 2. The quantitative estimate of drug-likeness (QED) is 0.333. The maximum Gasteiger partial charge on any atom is 0.321 e. The van der Waals surface area contributed by atoms with Crippen molar-refractivity contribution in [3.63, 3.8) is 0 Å². The van der Waals surface area contributed by atoms with Crippen molar-refractivity contribution in [2.75, 3.05) is 36.4 Å². The highest BCUT2D eigenvalue weighted by atomic mass is 16.6. The fourth-order valence-electron chi connectivity index (χ4n) is 3.95. The molecule has 5 rings (SSSR count). The number of nitro benzene ring substituents is 1. The number of carbonyl (C=O) groups is 1. The molecule has 10 heteroatoms. The minimum Gasteiger partial charge on any atom is -0.457 e. The lowest BCUT2D eigenvalue weighted by atomic mass is 10.2. The molecule has 0 radical (unpaired) electrons. The summed E-state index contributed by atoms with van der Waals surface area (Å²) in [5.41, 5.74) is 1.19. The Morgan fingerprint density at radius 3 is 2.34 bits per heavy atom. The molecule has 1 N–H and O–H groups in total. The number of non-ortho nitro benzene ring substituents is 1. The summed E-state index contributed by atoms with van der Waals surface area (Å²) >= 11 is 0. The fourth-order valence-corrected chi connectivity index (χ4v) is 3.95. The van der Waals surface area contributed by atoms with Gasteiger partial charge in [0.15, 0.2) is 0 Å². The molecule has 1 saturated heterocycles. The number of piperazine rings is 1. The molecule has 0 bridgehead atoms. The number of hydrogen-bond donors (Lipinski definition) is 1. The number of rotatable bonds is 5. The third kappa shape index (κ3) is 4.96.